The van der Waals surface area contributed by atoms with Gasteiger partial charge in [0.15, 0.2) is 0 Å². The minimum atomic E-state index is -0.292. The van der Waals surface area contributed by atoms with Crippen LogP contribution in [0.4, 0.5) is 0 Å². The predicted molar refractivity (Wildman–Crippen MR) is 80.0 cm³/mol. The molecule has 2 N–H and O–H groups in total. The highest BCUT2D eigenvalue weighted by Crippen LogP contribution is 2.19. The van der Waals surface area contributed by atoms with E-state index in [2.05, 4.69) is 32.7 Å². The number of hydrogen-bond donors (Lipinski definition) is 1. The highest BCUT2D eigenvalue weighted by atomic mass is 16.2. The normalized spacial score (nSPS) is 19.2. The fourth-order valence-electron chi connectivity index (χ4n) is 2.62. The van der Waals surface area contributed by atoms with Crippen molar-refractivity contribution >= 4 is 5.91 Å². The van der Waals surface area contributed by atoms with Crippen LogP contribution in [0.1, 0.15) is 46.5 Å². The Balaban J connectivity index is 2.34. The smallest absolute Gasteiger partial charge is 0.239 e. The van der Waals surface area contributed by atoms with E-state index >= 15 is 0 Å². The summed E-state index contributed by atoms with van der Waals surface area (Å²) in [5, 5.41) is 0. The largest absolute Gasteiger partial charge is 0.341 e. The van der Waals surface area contributed by atoms with Crippen molar-refractivity contribution in [3.63, 3.8) is 0 Å². The Labute approximate surface area is 118 Å². The summed E-state index contributed by atoms with van der Waals surface area (Å²) < 4.78 is 0. The second kappa shape index (κ2) is 7.85. The molecule has 0 aliphatic carbocycles. The Kier molecular flexibility index (Phi) is 6.80. The van der Waals surface area contributed by atoms with Crippen LogP contribution < -0.4 is 5.73 Å². The Hall–Kier alpha value is -0.610. The lowest BCUT2D eigenvalue weighted by molar-refractivity contribution is -0.134. The molecule has 1 heterocycles. The van der Waals surface area contributed by atoms with Crippen molar-refractivity contribution in [2.45, 2.75) is 58.5 Å². The summed E-state index contributed by atoms with van der Waals surface area (Å²) in [6.45, 7) is 9.42. The molecule has 1 rings (SSSR count). The Morgan fingerprint density at radius 3 is 2.42 bits per heavy atom. The molecule has 0 bridgehead atoms. The Morgan fingerprint density at radius 2 is 1.95 bits per heavy atom. The van der Waals surface area contributed by atoms with E-state index in [0.29, 0.717) is 6.04 Å². The lowest BCUT2D eigenvalue weighted by atomic mass is 9.95. The molecule has 4 heteroatoms. The summed E-state index contributed by atoms with van der Waals surface area (Å²) >= 11 is 0. The van der Waals surface area contributed by atoms with Crippen LogP contribution in [-0.4, -0.2) is 54.5 Å². The average molecular weight is 269 g/mol. The molecule has 0 radical (unpaired) electrons. The van der Waals surface area contributed by atoms with Gasteiger partial charge in [-0.2, -0.15) is 0 Å². The molecule has 0 aromatic rings. The molecule has 0 aromatic heterocycles. The van der Waals surface area contributed by atoms with E-state index in [9.17, 15) is 4.79 Å². The van der Waals surface area contributed by atoms with Crippen LogP contribution in [0.3, 0.4) is 0 Å². The van der Waals surface area contributed by atoms with Crippen LogP contribution in [0.15, 0.2) is 0 Å². The van der Waals surface area contributed by atoms with Gasteiger partial charge in [0.1, 0.15) is 0 Å². The molecule has 1 amide bonds. The van der Waals surface area contributed by atoms with Crippen LogP contribution in [0.25, 0.3) is 0 Å². The molecule has 1 aliphatic rings. The van der Waals surface area contributed by atoms with Gasteiger partial charge in [-0.3, -0.25) is 4.79 Å². The molecular weight excluding hydrogens is 238 g/mol. The fourth-order valence-corrected chi connectivity index (χ4v) is 2.62. The summed E-state index contributed by atoms with van der Waals surface area (Å²) in [5.74, 6) is 0.872. The van der Waals surface area contributed by atoms with Gasteiger partial charge >= 0.3 is 0 Å². The first kappa shape index (κ1) is 16.4. The van der Waals surface area contributed by atoms with Crippen molar-refractivity contribution < 1.29 is 4.79 Å². The van der Waals surface area contributed by atoms with Gasteiger partial charge in [0, 0.05) is 25.7 Å². The number of hydrogen-bond acceptors (Lipinski definition) is 3. The van der Waals surface area contributed by atoms with Gasteiger partial charge in [-0.15, -0.1) is 0 Å². The molecule has 0 unspecified atom stereocenters. The molecule has 112 valence electrons. The summed E-state index contributed by atoms with van der Waals surface area (Å²) in [4.78, 5) is 16.5. The third kappa shape index (κ3) is 5.11. The van der Waals surface area contributed by atoms with Crippen LogP contribution in [0, 0.1) is 5.92 Å². The topological polar surface area (TPSA) is 49.6 Å². The second-order valence-corrected chi connectivity index (χ2v) is 6.20. The third-order valence-corrected chi connectivity index (χ3v) is 4.27. The molecule has 19 heavy (non-hydrogen) atoms. The number of amides is 1. The Bertz CT molecular complexity index is 273. The first-order valence-electron chi connectivity index (χ1n) is 7.70. The summed E-state index contributed by atoms with van der Waals surface area (Å²) in [6.07, 6.45) is 4.00. The number of nitrogens with two attached hydrogens (primary N) is 1. The van der Waals surface area contributed by atoms with Gasteiger partial charge in [-0.1, -0.05) is 13.3 Å². The minimum Gasteiger partial charge on any atom is -0.341 e. The van der Waals surface area contributed by atoms with Crippen molar-refractivity contribution in [2.24, 2.45) is 11.7 Å². The van der Waals surface area contributed by atoms with Gasteiger partial charge < -0.3 is 15.5 Å². The van der Waals surface area contributed by atoms with Gasteiger partial charge in [-0.05, 0) is 46.1 Å². The molecule has 1 fully saturated rings. The lowest BCUT2D eigenvalue weighted by Crippen LogP contribution is -2.48. The standard InChI is InChI=1S/C15H31N3O/c1-5-6-14(16)15(19)18-9-7-13(8-10-18)11-17(4)12(2)3/h12-14H,5-11,16H2,1-4H3/t14-/m0/s1. The first-order valence-corrected chi connectivity index (χ1v) is 7.70. The zero-order valence-electron chi connectivity index (χ0n) is 13.1. The third-order valence-electron chi connectivity index (χ3n) is 4.27. The van der Waals surface area contributed by atoms with Crippen molar-refractivity contribution in [3.05, 3.63) is 0 Å². The van der Waals surface area contributed by atoms with E-state index in [1.54, 1.807) is 0 Å². The number of rotatable bonds is 6. The van der Waals surface area contributed by atoms with E-state index in [1.807, 2.05) is 4.90 Å². The fraction of sp³-hybridized carbons (Fsp3) is 0.933. The van der Waals surface area contributed by atoms with E-state index in [0.717, 1.165) is 51.2 Å². The Morgan fingerprint density at radius 1 is 1.37 bits per heavy atom. The summed E-state index contributed by atoms with van der Waals surface area (Å²) in [5.41, 5.74) is 5.91. The summed E-state index contributed by atoms with van der Waals surface area (Å²) in [6, 6.07) is 0.303. The van der Waals surface area contributed by atoms with Crippen LogP contribution >= 0.6 is 0 Å². The van der Waals surface area contributed by atoms with Crippen molar-refractivity contribution in [1.82, 2.24) is 9.80 Å². The van der Waals surface area contributed by atoms with Crippen molar-refractivity contribution in [3.8, 4) is 0 Å². The van der Waals surface area contributed by atoms with Crippen LogP contribution in [0.2, 0.25) is 0 Å². The number of piperidine rings is 1. The minimum absolute atomic E-state index is 0.150. The molecular formula is C15H31N3O. The zero-order valence-corrected chi connectivity index (χ0v) is 13.1. The molecule has 1 atom stereocenters. The first-order chi connectivity index (χ1) is 8.95. The lowest BCUT2D eigenvalue weighted by Gasteiger charge is -2.36. The molecule has 1 saturated heterocycles. The molecule has 4 nitrogen and oxygen atoms in total. The molecule has 1 aliphatic heterocycles. The van der Waals surface area contributed by atoms with Crippen LogP contribution in [-0.2, 0) is 4.79 Å². The van der Waals surface area contributed by atoms with Crippen molar-refractivity contribution in [2.75, 3.05) is 26.7 Å². The van der Waals surface area contributed by atoms with Gasteiger partial charge in [-0.25, -0.2) is 0 Å². The maximum Gasteiger partial charge on any atom is 0.239 e. The molecule has 0 spiro atoms. The molecule has 0 saturated carbocycles. The maximum atomic E-state index is 12.1. The average Bonchev–Trinajstić information content (AvgIpc) is 2.39. The highest BCUT2D eigenvalue weighted by Gasteiger charge is 2.26. The van der Waals surface area contributed by atoms with E-state index in [1.165, 1.54) is 0 Å². The number of carbonyl (C=O) groups excluding carboxylic acids is 1. The van der Waals surface area contributed by atoms with Gasteiger partial charge in [0.2, 0.25) is 5.91 Å². The summed E-state index contributed by atoms with van der Waals surface area (Å²) in [7, 11) is 2.18. The van der Waals surface area contributed by atoms with Gasteiger partial charge in [0.25, 0.3) is 0 Å². The number of likely N-dealkylation sites (tertiary alicyclic amines) is 1. The van der Waals surface area contributed by atoms with E-state index in [4.69, 9.17) is 5.73 Å². The predicted octanol–water partition coefficient (Wildman–Crippen LogP) is 1.69. The SMILES string of the molecule is CCC[C@H](N)C(=O)N1CCC(CN(C)C(C)C)CC1. The highest BCUT2D eigenvalue weighted by molar-refractivity contribution is 5.81. The van der Waals surface area contributed by atoms with Gasteiger partial charge in [0.05, 0.1) is 6.04 Å². The number of nitrogens with zero attached hydrogens (tertiary/aromatic N) is 2. The molecule has 0 aromatic carbocycles. The monoisotopic (exact) mass is 269 g/mol. The van der Waals surface area contributed by atoms with Crippen LogP contribution in [0.5, 0.6) is 0 Å². The van der Waals surface area contributed by atoms with Crippen molar-refractivity contribution in [1.29, 1.82) is 0 Å². The van der Waals surface area contributed by atoms with E-state index < -0.39 is 0 Å². The quantitative estimate of drug-likeness (QED) is 0.798. The maximum absolute atomic E-state index is 12.1. The van der Waals surface area contributed by atoms with E-state index in [-0.39, 0.29) is 11.9 Å². The second-order valence-electron chi connectivity index (χ2n) is 6.20. The number of carbonyl (C=O) groups is 1. The zero-order chi connectivity index (χ0) is 14.4.